The van der Waals surface area contributed by atoms with Crippen molar-refractivity contribution in [3.8, 4) is 0 Å². The fourth-order valence-electron chi connectivity index (χ4n) is 0.984. The second-order valence-corrected chi connectivity index (χ2v) is 2.12. The molecule has 0 saturated carbocycles. The first-order valence-corrected chi connectivity index (χ1v) is 5.24. The minimum Gasteiger partial charge on any atom is -0.380 e. The van der Waals surface area contributed by atoms with Crippen LogP contribution in [0, 0.1) is 0 Å². The van der Waals surface area contributed by atoms with Crippen LogP contribution in [0.15, 0.2) is 0 Å². The average molecular weight is 175 g/mol. The predicted octanol–water partition coefficient (Wildman–Crippen LogP) is 2.44. The van der Waals surface area contributed by atoms with Crippen LogP contribution in [0.25, 0.3) is 0 Å². The van der Waals surface area contributed by atoms with E-state index in [9.17, 15) is 0 Å². The second-order valence-electron chi connectivity index (χ2n) is 2.12. The highest BCUT2D eigenvalue weighted by molar-refractivity contribution is 4.69. The fourth-order valence-corrected chi connectivity index (χ4v) is 0.984. The molecule has 76 valence electrons. The molecule has 1 atom stereocenters. The van der Waals surface area contributed by atoms with E-state index in [0.29, 0.717) is 6.04 Å². The van der Waals surface area contributed by atoms with E-state index in [1.807, 2.05) is 27.7 Å². The van der Waals surface area contributed by atoms with E-state index in [4.69, 9.17) is 4.74 Å². The van der Waals surface area contributed by atoms with Crippen molar-refractivity contribution in [1.82, 2.24) is 5.32 Å². The molecule has 1 fully saturated rings. The van der Waals surface area contributed by atoms with Crippen LogP contribution in [0.3, 0.4) is 0 Å². The van der Waals surface area contributed by atoms with Crippen molar-refractivity contribution in [2.24, 2.45) is 0 Å². The molecule has 0 aromatic rings. The van der Waals surface area contributed by atoms with Crippen LogP contribution in [0.5, 0.6) is 0 Å². The Kier molecular flexibility index (Phi) is 16.3. The van der Waals surface area contributed by atoms with Gasteiger partial charge in [-0.3, -0.25) is 0 Å². The molecule has 0 aromatic heterocycles. The molecule has 1 rings (SSSR count). The molecule has 0 amide bonds. The Bertz CT molecular complexity index is 60.9. The van der Waals surface area contributed by atoms with Gasteiger partial charge in [0.1, 0.15) is 0 Å². The minimum atomic E-state index is 0.639. The lowest BCUT2D eigenvalue weighted by Crippen LogP contribution is -2.28. The molecule has 0 aromatic carbocycles. The highest BCUT2D eigenvalue weighted by Gasteiger charge is 2.12. The van der Waals surface area contributed by atoms with E-state index >= 15 is 0 Å². The van der Waals surface area contributed by atoms with Gasteiger partial charge in [0.2, 0.25) is 0 Å². The lowest BCUT2D eigenvalue weighted by Gasteiger charge is -2.05. The van der Waals surface area contributed by atoms with Gasteiger partial charge in [-0.1, -0.05) is 34.6 Å². The van der Waals surface area contributed by atoms with Crippen LogP contribution in [0.4, 0.5) is 0 Å². The molecule has 1 unspecified atom stereocenters. The van der Waals surface area contributed by atoms with Crippen molar-refractivity contribution < 1.29 is 4.74 Å². The van der Waals surface area contributed by atoms with Crippen LogP contribution >= 0.6 is 0 Å². The van der Waals surface area contributed by atoms with Gasteiger partial charge >= 0.3 is 0 Å². The molecule has 0 bridgehead atoms. The van der Waals surface area contributed by atoms with Crippen LogP contribution in [0.2, 0.25) is 0 Å². The maximum absolute atomic E-state index is 5.15. The van der Waals surface area contributed by atoms with E-state index < -0.39 is 0 Å². The van der Waals surface area contributed by atoms with Crippen molar-refractivity contribution in [2.75, 3.05) is 19.8 Å². The molecular weight excluding hydrogens is 150 g/mol. The zero-order valence-corrected chi connectivity index (χ0v) is 9.31. The zero-order valence-electron chi connectivity index (χ0n) is 9.31. The molecule has 1 saturated heterocycles. The highest BCUT2D eigenvalue weighted by atomic mass is 16.5. The Hall–Kier alpha value is -0.0800. The van der Waals surface area contributed by atoms with Gasteiger partial charge in [-0.2, -0.15) is 0 Å². The summed E-state index contributed by atoms with van der Waals surface area (Å²) in [6.07, 6.45) is 1.19. The van der Waals surface area contributed by atoms with Gasteiger partial charge in [0, 0.05) is 12.6 Å². The largest absolute Gasteiger partial charge is 0.380 e. The number of hydrogen-bond donors (Lipinski definition) is 1. The van der Waals surface area contributed by atoms with Crippen molar-refractivity contribution >= 4 is 0 Å². The summed E-state index contributed by atoms with van der Waals surface area (Å²) in [6, 6.07) is 0.639. The molecule has 0 spiro atoms. The molecule has 12 heavy (non-hydrogen) atoms. The van der Waals surface area contributed by atoms with Crippen molar-refractivity contribution in [1.29, 1.82) is 0 Å². The van der Waals surface area contributed by atoms with E-state index in [2.05, 4.69) is 12.2 Å². The van der Waals surface area contributed by atoms with Crippen LogP contribution in [-0.2, 0) is 4.74 Å². The van der Waals surface area contributed by atoms with E-state index in [-0.39, 0.29) is 0 Å². The van der Waals surface area contributed by atoms with Crippen LogP contribution in [0.1, 0.15) is 41.0 Å². The van der Waals surface area contributed by atoms with Gasteiger partial charge in [0.25, 0.3) is 0 Å². The van der Waals surface area contributed by atoms with E-state index in [0.717, 1.165) is 19.8 Å². The first kappa shape index (κ1) is 14.4. The van der Waals surface area contributed by atoms with Gasteiger partial charge in [-0.15, -0.1) is 0 Å². The standard InChI is InChI=1S/C6H13NO.2C2H6/c1-2-7-6-3-4-8-5-6;2*1-2/h6-7H,2-5H2,1H3;2*1-2H3. The summed E-state index contributed by atoms with van der Waals surface area (Å²) in [4.78, 5) is 0. The van der Waals surface area contributed by atoms with Gasteiger partial charge in [-0.05, 0) is 13.0 Å². The van der Waals surface area contributed by atoms with Gasteiger partial charge in [0.05, 0.1) is 6.61 Å². The van der Waals surface area contributed by atoms with Crippen molar-refractivity contribution in [2.45, 2.75) is 47.1 Å². The molecule has 2 heteroatoms. The van der Waals surface area contributed by atoms with Gasteiger partial charge in [-0.25, -0.2) is 0 Å². The van der Waals surface area contributed by atoms with Gasteiger partial charge < -0.3 is 10.1 Å². The molecular formula is C10H25NO. The number of rotatable bonds is 2. The van der Waals surface area contributed by atoms with Crippen LogP contribution < -0.4 is 5.32 Å². The number of ether oxygens (including phenoxy) is 1. The Balaban J connectivity index is 0. The molecule has 1 aliphatic heterocycles. The highest BCUT2D eigenvalue weighted by Crippen LogP contribution is 2.01. The summed E-state index contributed by atoms with van der Waals surface area (Å²) in [6.45, 7) is 13.0. The normalized spacial score (nSPS) is 20.2. The lowest BCUT2D eigenvalue weighted by molar-refractivity contribution is 0.190. The second kappa shape index (κ2) is 13.5. The topological polar surface area (TPSA) is 21.3 Å². The van der Waals surface area contributed by atoms with Crippen molar-refractivity contribution in [3.63, 3.8) is 0 Å². The van der Waals surface area contributed by atoms with E-state index in [1.54, 1.807) is 0 Å². The Morgan fingerprint density at radius 2 is 1.83 bits per heavy atom. The summed E-state index contributed by atoms with van der Waals surface area (Å²) in [5, 5.41) is 3.32. The molecule has 1 aliphatic rings. The monoisotopic (exact) mass is 175 g/mol. The maximum Gasteiger partial charge on any atom is 0.0620 e. The molecule has 1 N–H and O–H groups in total. The van der Waals surface area contributed by atoms with Crippen LogP contribution in [-0.4, -0.2) is 25.8 Å². The fraction of sp³-hybridized carbons (Fsp3) is 1.00. The smallest absolute Gasteiger partial charge is 0.0620 e. The Morgan fingerprint density at radius 1 is 1.25 bits per heavy atom. The molecule has 1 heterocycles. The summed E-state index contributed by atoms with van der Waals surface area (Å²) >= 11 is 0. The first-order chi connectivity index (χ1) is 5.93. The quantitative estimate of drug-likeness (QED) is 0.696. The molecule has 2 nitrogen and oxygen atoms in total. The average Bonchev–Trinajstić information content (AvgIpc) is 2.65. The summed E-state index contributed by atoms with van der Waals surface area (Å²) < 4.78 is 5.15. The van der Waals surface area contributed by atoms with Crippen molar-refractivity contribution in [3.05, 3.63) is 0 Å². The number of likely N-dealkylation sites (N-methyl/N-ethyl adjacent to an activating group) is 1. The third-order valence-electron chi connectivity index (χ3n) is 1.42. The predicted molar refractivity (Wildman–Crippen MR) is 55.6 cm³/mol. The number of hydrogen-bond acceptors (Lipinski definition) is 2. The Labute approximate surface area is 77.7 Å². The summed E-state index contributed by atoms with van der Waals surface area (Å²) in [5.41, 5.74) is 0. The summed E-state index contributed by atoms with van der Waals surface area (Å²) in [7, 11) is 0. The maximum atomic E-state index is 5.15. The minimum absolute atomic E-state index is 0.639. The zero-order chi connectivity index (χ0) is 9.82. The third kappa shape index (κ3) is 8.02. The van der Waals surface area contributed by atoms with Gasteiger partial charge in [0.15, 0.2) is 0 Å². The molecule has 0 radical (unpaired) electrons. The summed E-state index contributed by atoms with van der Waals surface area (Å²) in [5.74, 6) is 0. The molecule has 0 aliphatic carbocycles. The third-order valence-corrected chi connectivity index (χ3v) is 1.42. The first-order valence-electron chi connectivity index (χ1n) is 5.24. The SMILES string of the molecule is CC.CC.CCNC1CCOC1. The lowest BCUT2D eigenvalue weighted by atomic mass is 10.3. The number of nitrogens with one attached hydrogen (secondary N) is 1. The van der Waals surface area contributed by atoms with E-state index in [1.165, 1.54) is 6.42 Å². The Morgan fingerprint density at radius 3 is 2.17 bits per heavy atom.